The van der Waals surface area contributed by atoms with Crippen LogP contribution in [0.3, 0.4) is 0 Å². The molecule has 0 radical (unpaired) electrons. The summed E-state index contributed by atoms with van der Waals surface area (Å²) in [5, 5.41) is 13.4. The van der Waals surface area contributed by atoms with E-state index in [4.69, 9.17) is 5.11 Å². The van der Waals surface area contributed by atoms with Crippen LogP contribution in [0.2, 0.25) is 0 Å². The lowest BCUT2D eigenvalue weighted by atomic mass is 10.1. The van der Waals surface area contributed by atoms with Gasteiger partial charge in [-0.1, -0.05) is 17.7 Å². The largest absolute Gasteiger partial charge is 0.481 e. The normalized spacial score (nSPS) is 10.4. The number of urea groups is 1. The molecule has 0 bridgehead atoms. The van der Waals surface area contributed by atoms with Gasteiger partial charge in [-0.3, -0.25) is 19.8 Å². The third-order valence-electron chi connectivity index (χ3n) is 3.00. The van der Waals surface area contributed by atoms with Gasteiger partial charge in [0.05, 0.1) is 13.0 Å². The van der Waals surface area contributed by atoms with Gasteiger partial charge in [0.15, 0.2) is 0 Å². The molecule has 0 aromatic heterocycles. The number of benzene rings is 1. The van der Waals surface area contributed by atoms with Gasteiger partial charge in [-0.05, 0) is 32.5 Å². The maximum Gasteiger partial charge on any atom is 0.325 e. The molecule has 0 saturated carbocycles. The maximum atomic E-state index is 11.8. The number of carboxylic acid groups (broad SMARTS) is 1. The van der Waals surface area contributed by atoms with Gasteiger partial charge in [0, 0.05) is 12.2 Å². The topological polar surface area (TPSA) is 98.7 Å². The molecule has 0 unspecified atom stereocenters. The Labute approximate surface area is 129 Å². The van der Waals surface area contributed by atoms with Crippen molar-refractivity contribution in [1.29, 1.82) is 0 Å². The van der Waals surface area contributed by atoms with E-state index in [1.807, 2.05) is 26.0 Å². The Morgan fingerprint density at radius 1 is 1.23 bits per heavy atom. The molecule has 7 heteroatoms. The fraction of sp³-hybridized carbons (Fsp3) is 0.400. The molecule has 1 aromatic carbocycles. The number of amides is 3. The molecule has 0 saturated heterocycles. The first-order chi connectivity index (χ1) is 10.3. The van der Waals surface area contributed by atoms with Crippen LogP contribution in [0.4, 0.5) is 10.5 Å². The second-order valence-electron chi connectivity index (χ2n) is 5.20. The summed E-state index contributed by atoms with van der Waals surface area (Å²) in [4.78, 5) is 35.4. The minimum Gasteiger partial charge on any atom is -0.481 e. The van der Waals surface area contributed by atoms with Crippen molar-refractivity contribution in [3.63, 3.8) is 0 Å². The van der Waals surface area contributed by atoms with Crippen LogP contribution in [0.1, 0.15) is 17.5 Å². The predicted octanol–water partition coefficient (Wildman–Crippen LogP) is 1.36. The summed E-state index contributed by atoms with van der Waals surface area (Å²) in [6.45, 7) is 4.01. The lowest BCUT2D eigenvalue weighted by Crippen LogP contribution is -2.41. The highest BCUT2D eigenvalue weighted by Gasteiger charge is 2.12. The monoisotopic (exact) mass is 307 g/mol. The van der Waals surface area contributed by atoms with Gasteiger partial charge in [-0.2, -0.15) is 0 Å². The summed E-state index contributed by atoms with van der Waals surface area (Å²) in [5.74, 6) is -1.42. The number of carbonyl (C=O) groups is 3. The second kappa shape index (κ2) is 8.14. The van der Waals surface area contributed by atoms with E-state index in [0.29, 0.717) is 5.69 Å². The summed E-state index contributed by atoms with van der Waals surface area (Å²) in [6.07, 6.45) is -0.0570. The predicted molar refractivity (Wildman–Crippen MR) is 82.8 cm³/mol. The summed E-state index contributed by atoms with van der Waals surface area (Å²) < 4.78 is 0. The van der Waals surface area contributed by atoms with E-state index < -0.39 is 17.9 Å². The van der Waals surface area contributed by atoms with E-state index in [2.05, 4.69) is 10.6 Å². The van der Waals surface area contributed by atoms with Crippen molar-refractivity contribution >= 4 is 23.6 Å². The fourth-order valence-corrected chi connectivity index (χ4v) is 1.88. The van der Waals surface area contributed by atoms with Crippen molar-refractivity contribution < 1.29 is 19.5 Å². The average molecular weight is 307 g/mol. The quantitative estimate of drug-likeness (QED) is 0.737. The van der Waals surface area contributed by atoms with Crippen LogP contribution in [0, 0.1) is 13.8 Å². The van der Waals surface area contributed by atoms with E-state index in [-0.39, 0.29) is 19.5 Å². The summed E-state index contributed by atoms with van der Waals surface area (Å²) in [6, 6.07) is 4.96. The van der Waals surface area contributed by atoms with E-state index in [9.17, 15) is 14.4 Å². The Morgan fingerprint density at radius 3 is 2.50 bits per heavy atom. The molecule has 1 aromatic rings. The fourth-order valence-electron chi connectivity index (χ4n) is 1.88. The number of hydrogen-bond acceptors (Lipinski definition) is 4. The van der Waals surface area contributed by atoms with E-state index in [1.165, 1.54) is 4.90 Å². The number of likely N-dealkylation sites (N-methyl/N-ethyl adjacent to an activating group) is 1. The van der Waals surface area contributed by atoms with Gasteiger partial charge in [-0.25, -0.2) is 4.79 Å². The Kier molecular flexibility index (Phi) is 6.52. The zero-order valence-corrected chi connectivity index (χ0v) is 13.0. The summed E-state index contributed by atoms with van der Waals surface area (Å²) in [5.41, 5.74) is 2.62. The van der Waals surface area contributed by atoms with E-state index in [0.717, 1.165) is 11.1 Å². The highest BCUT2D eigenvalue weighted by molar-refractivity contribution is 6.02. The molecule has 0 aliphatic rings. The van der Waals surface area contributed by atoms with Gasteiger partial charge < -0.3 is 10.4 Å². The van der Waals surface area contributed by atoms with Crippen molar-refractivity contribution in [2.45, 2.75) is 20.3 Å². The number of aliphatic carboxylic acids is 1. The number of rotatable bonds is 6. The minimum atomic E-state index is -0.931. The van der Waals surface area contributed by atoms with Crippen LogP contribution >= 0.6 is 0 Å². The first-order valence-electron chi connectivity index (χ1n) is 6.86. The lowest BCUT2D eigenvalue weighted by Gasteiger charge is -2.15. The standard InChI is InChI=1S/C15H21N3O4/c1-10-4-5-12(11(2)8-10)16-15(22)17-13(19)9-18(3)7-6-14(20)21/h4-5,8H,6-7,9H2,1-3H3,(H,20,21)(H2,16,17,19,22). The Balaban J connectivity index is 2.44. The van der Waals surface area contributed by atoms with Crippen molar-refractivity contribution in [2.24, 2.45) is 0 Å². The van der Waals surface area contributed by atoms with Crippen molar-refractivity contribution in [3.8, 4) is 0 Å². The Morgan fingerprint density at radius 2 is 1.91 bits per heavy atom. The van der Waals surface area contributed by atoms with Crippen LogP contribution in [-0.2, 0) is 9.59 Å². The first kappa shape index (κ1) is 17.6. The number of nitrogens with zero attached hydrogens (tertiary/aromatic N) is 1. The average Bonchev–Trinajstić information content (AvgIpc) is 2.39. The Bertz CT molecular complexity index is 572. The first-order valence-corrected chi connectivity index (χ1v) is 6.86. The summed E-state index contributed by atoms with van der Waals surface area (Å²) >= 11 is 0. The van der Waals surface area contributed by atoms with Crippen molar-refractivity contribution in [3.05, 3.63) is 29.3 Å². The van der Waals surface area contributed by atoms with Crippen LogP contribution in [0.5, 0.6) is 0 Å². The highest BCUT2D eigenvalue weighted by atomic mass is 16.4. The molecule has 1 rings (SSSR count). The number of aryl methyl sites for hydroxylation is 2. The van der Waals surface area contributed by atoms with Crippen LogP contribution in [0.15, 0.2) is 18.2 Å². The smallest absolute Gasteiger partial charge is 0.325 e. The molecule has 7 nitrogen and oxygen atoms in total. The molecular weight excluding hydrogens is 286 g/mol. The summed E-state index contributed by atoms with van der Waals surface area (Å²) in [7, 11) is 1.62. The van der Waals surface area contributed by atoms with Gasteiger partial charge in [0.1, 0.15) is 0 Å². The number of anilines is 1. The molecule has 120 valence electrons. The van der Waals surface area contributed by atoms with Crippen LogP contribution < -0.4 is 10.6 Å². The number of hydrogen-bond donors (Lipinski definition) is 3. The lowest BCUT2D eigenvalue weighted by molar-refractivity contribution is -0.137. The second-order valence-corrected chi connectivity index (χ2v) is 5.20. The van der Waals surface area contributed by atoms with Gasteiger partial charge in [0.25, 0.3) is 0 Å². The molecule has 22 heavy (non-hydrogen) atoms. The Hall–Kier alpha value is -2.41. The highest BCUT2D eigenvalue weighted by Crippen LogP contribution is 2.15. The molecule has 0 fully saturated rings. The maximum absolute atomic E-state index is 11.8. The van der Waals surface area contributed by atoms with Gasteiger partial charge >= 0.3 is 12.0 Å². The molecule has 0 spiro atoms. The zero-order valence-electron chi connectivity index (χ0n) is 13.0. The third kappa shape index (κ3) is 6.36. The molecule has 3 N–H and O–H groups in total. The molecule has 0 aliphatic carbocycles. The molecule has 0 atom stereocenters. The number of carboxylic acids is 1. The number of imide groups is 1. The molecule has 3 amide bonds. The van der Waals surface area contributed by atoms with Crippen molar-refractivity contribution in [2.75, 3.05) is 25.5 Å². The van der Waals surface area contributed by atoms with Gasteiger partial charge in [-0.15, -0.1) is 0 Å². The SMILES string of the molecule is Cc1ccc(NC(=O)NC(=O)CN(C)CCC(=O)O)c(C)c1. The van der Waals surface area contributed by atoms with E-state index in [1.54, 1.807) is 13.1 Å². The molecular formula is C15H21N3O4. The molecule has 0 heterocycles. The number of nitrogens with one attached hydrogen (secondary N) is 2. The van der Waals surface area contributed by atoms with Crippen molar-refractivity contribution in [1.82, 2.24) is 10.2 Å². The van der Waals surface area contributed by atoms with Crippen LogP contribution in [0.25, 0.3) is 0 Å². The third-order valence-corrected chi connectivity index (χ3v) is 3.00. The van der Waals surface area contributed by atoms with E-state index >= 15 is 0 Å². The minimum absolute atomic E-state index is 0.0480. The molecule has 0 aliphatic heterocycles. The number of carbonyl (C=O) groups excluding carboxylic acids is 2. The van der Waals surface area contributed by atoms with Gasteiger partial charge in [0.2, 0.25) is 5.91 Å². The zero-order chi connectivity index (χ0) is 16.7. The van der Waals surface area contributed by atoms with Crippen LogP contribution in [-0.4, -0.2) is 48.1 Å².